The fourth-order valence-corrected chi connectivity index (χ4v) is 5.10. The third kappa shape index (κ3) is 4.35. The van der Waals surface area contributed by atoms with Crippen molar-refractivity contribution in [3.8, 4) is 0 Å². The number of hydrogen-bond acceptors (Lipinski definition) is 5. The number of carbonyl (C=O) groups is 4. The lowest BCUT2D eigenvalue weighted by molar-refractivity contribution is -0.710. The third-order valence-corrected chi connectivity index (χ3v) is 7.35. The summed E-state index contributed by atoms with van der Waals surface area (Å²) in [4.78, 5) is 54.8. The Bertz CT molecular complexity index is 1420. The number of nitrogens with one attached hydrogen (secondary N) is 3. The number of nitrogens with zero attached hydrogens (tertiary/aromatic N) is 2. The molecule has 3 amide bonds. The van der Waals surface area contributed by atoms with Crippen molar-refractivity contribution in [3.63, 3.8) is 0 Å². The minimum absolute atomic E-state index is 0.210. The van der Waals surface area contributed by atoms with Crippen LogP contribution in [0.1, 0.15) is 41.4 Å². The van der Waals surface area contributed by atoms with Crippen LogP contribution in [0.3, 0.4) is 0 Å². The van der Waals surface area contributed by atoms with Gasteiger partial charge in [-0.15, -0.1) is 0 Å². The summed E-state index contributed by atoms with van der Waals surface area (Å²) < 4.78 is 1.94. The second kappa shape index (κ2) is 10.2. The first-order valence-corrected chi connectivity index (χ1v) is 12.6. The Labute approximate surface area is 220 Å². The summed E-state index contributed by atoms with van der Waals surface area (Å²) in [6.07, 6.45) is 2.18. The highest BCUT2D eigenvalue weighted by Gasteiger charge is 2.55. The number of amides is 3. The summed E-state index contributed by atoms with van der Waals surface area (Å²) in [5.74, 6) is -0.596. The van der Waals surface area contributed by atoms with Crippen LogP contribution < -0.4 is 25.4 Å². The minimum Gasteiger partial charge on any atom is -0.337 e. The molecule has 38 heavy (non-hydrogen) atoms. The van der Waals surface area contributed by atoms with Crippen LogP contribution in [-0.2, 0) is 20.8 Å². The van der Waals surface area contributed by atoms with E-state index in [0.717, 1.165) is 5.56 Å². The van der Waals surface area contributed by atoms with E-state index in [1.165, 1.54) is 4.90 Å². The van der Waals surface area contributed by atoms with E-state index in [1.807, 2.05) is 35.9 Å². The molecule has 1 aromatic heterocycles. The summed E-state index contributed by atoms with van der Waals surface area (Å²) >= 11 is 0. The quantitative estimate of drug-likeness (QED) is 0.330. The van der Waals surface area contributed by atoms with Gasteiger partial charge in [-0.3, -0.25) is 14.4 Å². The maximum atomic E-state index is 13.8. The number of aromatic nitrogens is 1. The largest absolute Gasteiger partial charge is 0.337 e. The molecule has 0 bridgehead atoms. The number of rotatable bonds is 7. The molecule has 0 fully saturated rings. The molecule has 0 saturated heterocycles. The number of carbonyl (C=O) groups excluding carboxylic acids is 4. The number of hydrogen-bond donors (Lipinski definition) is 3. The lowest BCUT2D eigenvalue weighted by atomic mass is 10.0. The molecule has 2 aliphatic rings. The first-order valence-electron chi connectivity index (χ1n) is 12.6. The highest BCUT2D eigenvalue weighted by atomic mass is 16.2. The third-order valence-electron chi connectivity index (χ3n) is 7.35. The fourth-order valence-electron chi connectivity index (χ4n) is 5.10. The Hall–Kier alpha value is -4.37. The van der Waals surface area contributed by atoms with Crippen LogP contribution in [0.25, 0.3) is 0 Å². The second-order valence-electron chi connectivity index (χ2n) is 9.66. The first kappa shape index (κ1) is 25.3. The predicted molar refractivity (Wildman–Crippen MR) is 142 cm³/mol. The zero-order valence-electron chi connectivity index (χ0n) is 21.5. The molecule has 3 aromatic rings. The van der Waals surface area contributed by atoms with Gasteiger partial charge in [0, 0.05) is 23.1 Å². The zero-order chi connectivity index (χ0) is 27.0. The monoisotopic (exact) mass is 512 g/mol. The van der Waals surface area contributed by atoms with Gasteiger partial charge in [0.15, 0.2) is 17.9 Å². The molecule has 0 aliphatic carbocycles. The maximum Gasteiger partial charge on any atom is 0.337 e. The highest BCUT2D eigenvalue weighted by molar-refractivity contribution is 6.15. The van der Waals surface area contributed by atoms with Crippen LogP contribution in [0, 0.1) is 0 Å². The van der Waals surface area contributed by atoms with E-state index in [9.17, 15) is 19.2 Å². The number of ketones is 1. The number of para-hydroxylation sites is 1. The first-order chi connectivity index (χ1) is 18.3. The molecular weight excluding hydrogens is 482 g/mol. The van der Waals surface area contributed by atoms with Crippen molar-refractivity contribution in [2.24, 2.45) is 0 Å². The molecule has 4 atom stereocenters. The van der Waals surface area contributed by atoms with E-state index in [2.05, 4.69) is 16.0 Å². The van der Waals surface area contributed by atoms with Crippen molar-refractivity contribution in [2.45, 2.75) is 44.4 Å². The van der Waals surface area contributed by atoms with Gasteiger partial charge < -0.3 is 16.0 Å². The SMILES string of the molecule is CNC(C)C(=O)NC1C(=O)N2c3c(ccc[n+]3C1C)CC2C(=O)Nc1ccccc1C(=O)c1ccccc1. The van der Waals surface area contributed by atoms with Crippen molar-refractivity contribution in [2.75, 3.05) is 17.3 Å². The topological polar surface area (TPSA) is 111 Å². The Balaban J connectivity index is 1.45. The van der Waals surface area contributed by atoms with Crippen LogP contribution in [0.2, 0.25) is 0 Å². The second-order valence-corrected chi connectivity index (χ2v) is 9.66. The summed E-state index contributed by atoms with van der Waals surface area (Å²) in [6.45, 7) is 3.59. The van der Waals surface area contributed by atoms with E-state index in [-0.39, 0.29) is 23.6 Å². The molecule has 5 rings (SSSR count). The standard InChI is InChI=1S/C29H29N5O4/c1-17(30-3)26(36)32-24-18(2)33-15-9-12-20-16-23(34(28(20)33)29(24)38)27(37)31-22-14-8-7-13-21(22)25(35)19-10-5-4-6-11-19/h4-15,17-18,23-24,30H,16H2,1-3H3,(H-,31,32,35,36,37)/p+1. The Morgan fingerprint density at radius 3 is 2.45 bits per heavy atom. The fraction of sp³-hybridized carbons (Fsp3) is 0.276. The molecular formula is C29H30N5O4+. The van der Waals surface area contributed by atoms with Crippen molar-refractivity contribution >= 4 is 35.0 Å². The van der Waals surface area contributed by atoms with Gasteiger partial charge in [-0.05, 0) is 45.2 Å². The van der Waals surface area contributed by atoms with E-state index < -0.39 is 24.0 Å². The van der Waals surface area contributed by atoms with Gasteiger partial charge in [0.05, 0.1) is 17.9 Å². The van der Waals surface area contributed by atoms with Gasteiger partial charge in [-0.2, -0.15) is 4.90 Å². The molecule has 0 radical (unpaired) electrons. The van der Waals surface area contributed by atoms with Crippen LogP contribution in [0.4, 0.5) is 11.5 Å². The van der Waals surface area contributed by atoms with Gasteiger partial charge in [-0.1, -0.05) is 42.5 Å². The van der Waals surface area contributed by atoms with Gasteiger partial charge in [0.25, 0.3) is 11.7 Å². The Morgan fingerprint density at radius 1 is 1.00 bits per heavy atom. The average molecular weight is 513 g/mol. The maximum absolute atomic E-state index is 13.8. The molecule has 0 saturated carbocycles. The lowest BCUT2D eigenvalue weighted by Crippen LogP contribution is -2.67. The van der Waals surface area contributed by atoms with Crippen LogP contribution in [0.15, 0.2) is 72.9 Å². The van der Waals surface area contributed by atoms with E-state index in [4.69, 9.17) is 0 Å². The number of pyridine rings is 1. The van der Waals surface area contributed by atoms with Crippen LogP contribution in [0.5, 0.6) is 0 Å². The van der Waals surface area contributed by atoms with Gasteiger partial charge in [0.1, 0.15) is 6.04 Å². The molecule has 3 N–H and O–H groups in total. The number of benzene rings is 2. The van der Waals surface area contributed by atoms with Crippen molar-refractivity contribution in [1.82, 2.24) is 10.6 Å². The molecule has 0 spiro atoms. The summed E-state index contributed by atoms with van der Waals surface area (Å²) in [6, 6.07) is 17.0. The van der Waals surface area contributed by atoms with Crippen molar-refractivity contribution in [3.05, 3.63) is 89.6 Å². The van der Waals surface area contributed by atoms with Crippen LogP contribution >= 0.6 is 0 Å². The van der Waals surface area contributed by atoms with Gasteiger partial charge >= 0.3 is 5.91 Å². The Kier molecular flexibility index (Phi) is 6.77. The van der Waals surface area contributed by atoms with E-state index in [0.29, 0.717) is 29.1 Å². The molecule has 9 heteroatoms. The summed E-state index contributed by atoms with van der Waals surface area (Å²) in [5.41, 5.74) is 2.12. The molecule has 3 heterocycles. The molecule has 2 aromatic carbocycles. The Morgan fingerprint density at radius 2 is 1.71 bits per heavy atom. The minimum atomic E-state index is -0.841. The van der Waals surface area contributed by atoms with Gasteiger partial charge in [0.2, 0.25) is 5.91 Å². The summed E-state index contributed by atoms with van der Waals surface area (Å²) in [5, 5.41) is 8.64. The lowest BCUT2D eigenvalue weighted by Gasteiger charge is -2.32. The average Bonchev–Trinajstić information content (AvgIpc) is 3.34. The van der Waals surface area contributed by atoms with Gasteiger partial charge in [-0.25, -0.2) is 9.36 Å². The van der Waals surface area contributed by atoms with Crippen LogP contribution in [-0.4, -0.2) is 48.7 Å². The zero-order valence-corrected chi connectivity index (χ0v) is 21.5. The number of anilines is 2. The normalized spacial score (nSPS) is 20.4. The molecule has 9 nitrogen and oxygen atoms in total. The molecule has 194 valence electrons. The van der Waals surface area contributed by atoms with E-state index in [1.54, 1.807) is 62.5 Å². The number of likely N-dealkylation sites (N-methyl/N-ethyl adjacent to an activating group) is 1. The molecule has 2 aliphatic heterocycles. The smallest absolute Gasteiger partial charge is 0.337 e. The van der Waals surface area contributed by atoms with Crippen molar-refractivity contribution < 1.29 is 23.7 Å². The predicted octanol–water partition coefficient (Wildman–Crippen LogP) is 1.77. The van der Waals surface area contributed by atoms with E-state index >= 15 is 0 Å². The van der Waals surface area contributed by atoms with Crippen molar-refractivity contribution in [1.29, 1.82) is 0 Å². The summed E-state index contributed by atoms with van der Waals surface area (Å²) in [7, 11) is 1.67. The highest BCUT2D eigenvalue weighted by Crippen LogP contribution is 2.35. The molecule has 4 unspecified atom stereocenters.